The lowest BCUT2D eigenvalue weighted by Gasteiger charge is -2.35. The van der Waals surface area contributed by atoms with Crippen LogP contribution in [-0.4, -0.2) is 17.6 Å². The van der Waals surface area contributed by atoms with Crippen LogP contribution in [0.1, 0.15) is 54.9 Å². The Bertz CT molecular complexity index is 170. The summed E-state index contributed by atoms with van der Waals surface area (Å²) in [4.78, 5) is 0. The quantitative estimate of drug-likeness (QED) is 0.732. The highest BCUT2D eigenvalue weighted by molar-refractivity contribution is 4.86. The van der Waals surface area contributed by atoms with Gasteiger partial charge in [0.05, 0.1) is 0 Å². The maximum absolute atomic E-state index is 5.94. The first-order chi connectivity index (χ1) is 5.91. The van der Waals surface area contributed by atoms with Crippen LogP contribution in [0.4, 0.5) is 0 Å². The number of nitrogens with one attached hydrogen (secondary N) is 1. The molecular formula is C12H28N2. The molecule has 0 amide bonds. The molecule has 0 atom stereocenters. The molecule has 0 fully saturated rings. The molecule has 0 bridgehead atoms. The topological polar surface area (TPSA) is 38.0 Å². The lowest BCUT2D eigenvalue weighted by Crippen LogP contribution is -2.51. The molecule has 0 aliphatic heterocycles. The molecule has 86 valence electrons. The highest BCUT2D eigenvalue weighted by Gasteiger charge is 2.26. The Hall–Kier alpha value is -0.0800. The van der Waals surface area contributed by atoms with Crippen molar-refractivity contribution in [2.45, 2.75) is 66.0 Å². The summed E-state index contributed by atoms with van der Waals surface area (Å²) in [6, 6.07) is 0. The van der Waals surface area contributed by atoms with Crippen molar-refractivity contribution in [1.82, 2.24) is 5.32 Å². The van der Waals surface area contributed by atoms with Gasteiger partial charge in [0.25, 0.3) is 0 Å². The molecular weight excluding hydrogens is 172 g/mol. The van der Waals surface area contributed by atoms with Crippen LogP contribution in [0.2, 0.25) is 0 Å². The zero-order chi connectivity index (χ0) is 11.6. The first-order valence-corrected chi connectivity index (χ1v) is 5.45. The molecule has 2 heteroatoms. The van der Waals surface area contributed by atoms with E-state index in [2.05, 4.69) is 39.9 Å². The second kappa shape index (κ2) is 4.19. The Balaban J connectivity index is 4.09. The number of nitrogens with two attached hydrogens (primary N) is 1. The van der Waals surface area contributed by atoms with Crippen LogP contribution in [0.25, 0.3) is 0 Å². The van der Waals surface area contributed by atoms with E-state index in [1.807, 2.05) is 13.8 Å². The molecule has 0 radical (unpaired) electrons. The van der Waals surface area contributed by atoms with E-state index in [1.165, 1.54) is 0 Å². The van der Waals surface area contributed by atoms with Crippen LogP contribution in [0.3, 0.4) is 0 Å². The van der Waals surface area contributed by atoms with Crippen LogP contribution < -0.4 is 11.1 Å². The minimum Gasteiger partial charge on any atom is -0.324 e. The lowest BCUT2D eigenvalue weighted by atomic mass is 9.81. The summed E-state index contributed by atoms with van der Waals surface area (Å²) in [6.45, 7) is 16.2. The molecule has 0 heterocycles. The fourth-order valence-electron chi connectivity index (χ4n) is 1.86. The van der Waals surface area contributed by atoms with Crippen LogP contribution in [-0.2, 0) is 0 Å². The first kappa shape index (κ1) is 13.9. The highest BCUT2D eigenvalue weighted by atomic mass is 15.0. The molecule has 0 aromatic carbocycles. The van der Waals surface area contributed by atoms with Crippen molar-refractivity contribution in [3.63, 3.8) is 0 Å². The van der Waals surface area contributed by atoms with E-state index in [4.69, 9.17) is 5.73 Å². The number of rotatable bonds is 4. The fraction of sp³-hybridized carbons (Fsp3) is 1.00. The zero-order valence-corrected chi connectivity index (χ0v) is 11.0. The standard InChI is InChI=1S/C12H28N2/c1-10(2,3)8-12(6,7)14-9-11(4,5)13/h14H,8-9,13H2,1-7H3. The minimum atomic E-state index is -0.130. The van der Waals surface area contributed by atoms with Gasteiger partial charge >= 0.3 is 0 Å². The van der Waals surface area contributed by atoms with Crippen molar-refractivity contribution in [3.8, 4) is 0 Å². The number of hydrogen-bond donors (Lipinski definition) is 2. The summed E-state index contributed by atoms with van der Waals surface area (Å²) in [5.74, 6) is 0. The summed E-state index contributed by atoms with van der Waals surface area (Å²) in [5.41, 5.74) is 6.33. The molecule has 0 aliphatic rings. The van der Waals surface area contributed by atoms with E-state index >= 15 is 0 Å². The van der Waals surface area contributed by atoms with Crippen molar-refractivity contribution in [2.24, 2.45) is 11.1 Å². The molecule has 14 heavy (non-hydrogen) atoms. The maximum Gasteiger partial charge on any atom is 0.0223 e. The van der Waals surface area contributed by atoms with Gasteiger partial charge in [-0.3, -0.25) is 0 Å². The predicted molar refractivity (Wildman–Crippen MR) is 64.4 cm³/mol. The van der Waals surface area contributed by atoms with Crippen LogP contribution in [0, 0.1) is 5.41 Å². The average Bonchev–Trinajstić information content (AvgIpc) is 1.76. The Kier molecular flexibility index (Phi) is 4.17. The molecule has 0 saturated heterocycles. The van der Waals surface area contributed by atoms with Gasteiger partial charge in [-0.1, -0.05) is 20.8 Å². The predicted octanol–water partition coefficient (Wildman–Crippen LogP) is 2.53. The Labute approximate surface area is 89.6 Å². The van der Waals surface area contributed by atoms with Gasteiger partial charge in [-0.15, -0.1) is 0 Å². The Morgan fingerprint density at radius 2 is 1.36 bits per heavy atom. The number of hydrogen-bond acceptors (Lipinski definition) is 2. The van der Waals surface area contributed by atoms with Gasteiger partial charge in [0.1, 0.15) is 0 Å². The fourth-order valence-corrected chi connectivity index (χ4v) is 1.86. The monoisotopic (exact) mass is 200 g/mol. The van der Waals surface area contributed by atoms with Crippen LogP contribution in [0.5, 0.6) is 0 Å². The summed E-state index contributed by atoms with van der Waals surface area (Å²) >= 11 is 0. The van der Waals surface area contributed by atoms with Crippen molar-refractivity contribution in [1.29, 1.82) is 0 Å². The minimum absolute atomic E-state index is 0.130. The van der Waals surface area contributed by atoms with Gasteiger partial charge < -0.3 is 11.1 Å². The van der Waals surface area contributed by atoms with E-state index in [0.717, 1.165) is 13.0 Å². The molecule has 0 spiro atoms. The summed E-state index contributed by atoms with van der Waals surface area (Å²) in [6.07, 6.45) is 1.15. The van der Waals surface area contributed by atoms with Crippen molar-refractivity contribution in [3.05, 3.63) is 0 Å². The molecule has 0 rings (SSSR count). The van der Waals surface area contributed by atoms with Gasteiger partial charge in [0.2, 0.25) is 0 Å². The molecule has 0 saturated carbocycles. The van der Waals surface area contributed by atoms with E-state index in [1.54, 1.807) is 0 Å². The second-order valence-electron chi connectivity index (χ2n) is 6.96. The first-order valence-electron chi connectivity index (χ1n) is 5.45. The Morgan fingerprint density at radius 3 is 1.64 bits per heavy atom. The van der Waals surface area contributed by atoms with Crippen LogP contribution >= 0.6 is 0 Å². The van der Waals surface area contributed by atoms with E-state index in [-0.39, 0.29) is 11.1 Å². The summed E-state index contributed by atoms with van der Waals surface area (Å²) in [7, 11) is 0. The third-order valence-corrected chi connectivity index (χ3v) is 1.99. The van der Waals surface area contributed by atoms with Gasteiger partial charge in [0, 0.05) is 17.6 Å². The summed E-state index contributed by atoms with van der Waals surface area (Å²) in [5, 5.41) is 3.53. The molecule has 0 aromatic rings. The van der Waals surface area contributed by atoms with E-state index in [0.29, 0.717) is 5.41 Å². The van der Waals surface area contributed by atoms with Gasteiger partial charge in [-0.2, -0.15) is 0 Å². The second-order valence-corrected chi connectivity index (χ2v) is 6.96. The van der Waals surface area contributed by atoms with Crippen molar-refractivity contribution in [2.75, 3.05) is 6.54 Å². The summed E-state index contributed by atoms with van der Waals surface area (Å²) < 4.78 is 0. The molecule has 0 aromatic heterocycles. The van der Waals surface area contributed by atoms with E-state index < -0.39 is 0 Å². The highest BCUT2D eigenvalue weighted by Crippen LogP contribution is 2.26. The van der Waals surface area contributed by atoms with Crippen molar-refractivity contribution < 1.29 is 0 Å². The van der Waals surface area contributed by atoms with Crippen LogP contribution in [0.15, 0.2) is 0 Å². The van der Waals surface area contributed by atoms with E-state index in [9.17, 15) is 0 Å². The molecule has 3 N–H and O–H groups in total. The normalized spacial score (nSPS) is 14.6. The SMILES string of the molecule is CC(C)(C)CC(C)(C)NCC(C)(C)N. The third kappa shape index (κ3) is 8.52. The van der Waals surface area contributed by atoms with Gasteiger partial charge in [-0.05, 0) is 39.5 Å². The zero-order valence-electron chi connectivity index (χ0n) is 11.0. The average molecular weight is 200 g/mol. The largest absolute Gasteiger partial charge is 0.324 e. The third-order valence-electron chi connectivity index (χ3n) is 1.99. The maximum atomic E-state index is 5.94. The lowest BCUT2D eigenvalue weighted by molar-refractivity contribution is 0.230. The molecule has 0 unspecified atom stereocenters. The molecule has 2 nitrogen and oxygen atoms in total. The Morgan fingerprint density at radius 1 is 0.929 bits per heavy atom. The van der Waals surface area contributed by atoms with Gasteiger partial charge in [-0.25, -0.2) is 0 Å². The smallest absolute Gasteiger partial charge is 0.0223 e. The van der Waals surface area contributed by atoms with Crippen molar-refractivity contribution >= 4 is 0 Å². The molecule has 0 aliphatic carbocycles. The van der Waals surface area contributed by atoms with Gasteiger partial charge in [0.15, 0.2) is 0 Å².